The first-order valence-corrected chi connectivity index (χ1v) is 9.25. The Morgan fingerprint density at radius 1 is 1.12 bits per heavy atom. The molecule has 0 aliphatic carbocycles. The topological polar surface area (TPSA) is 54.3 Å². The van der Waals surface area contributed by atoms with Crippen molar-refractivity contribution in [3.8, 4) is 0 Å². The fraction of sp³-hybridized carbons (Fsp3) is 0.526. The summed E-state index contributed by atoms with van der Waals surface area (Å²) in [5.41, 5.74) is 1.17. The molecule has 2 amide bonds. The van der Waals surface area contributed by atoms with Crippen LogP contribution in [0.3, 0.4) is 0 Å². The molecule has 2 aliphatic heterocycles. The van der Waals surface area contributed by atoms with Gasteiger partial charge in [-0.15, -0.1) is 0 Å². The number of pyridine rings is 1. The van der Waals surface area contributed by atoms with Gasteiger partial charge in [0.05, 0.1) is 6.54 Å². The average molecular weight is 339 g/mol. The van der Waals surface area contributed by atoms with Gasteiger partial charge in [0.1, 0.15) is 5.82 Å². The minimum absolute atomic E-state index is 0.215. The summed E-state index contributed by atoms with van der Waals surface area (Å²) in [7, 11) is 0. The molecule has 132 valence electrons. The molecule has 0 N–H and O–H groups in total. The summed E-state index contributed by atoms with van der Waals surface area (Å²) >= 11 is 0. The minimum atomic E-state index is 0.215. The van der Waals surface area contributed by atoms with Gasteiger partial charge in [-0.3, -0.25) is 4.98 Å². The minimum Gasteiger partial charge on any atom is -0.330 e. The second-order valence-electron chi connectivity index (χ2n) is 7.04. The predicted octanol–water partition coefficient (Wildman–Crippen LogP) is 2.72. The standard InChI is InChI=1S/C19H25N5O/c25-19(22-9-1-2-10-22)24-11-4-6-17(15-24)18-21-8-12-23(18)14-16-5-3-7-20-13-16/h3,5,7-8,12-13,17H,1-2,4,6,9-11,14-15H2. The number of carbonyl (C=O) groups is 1. The van der Waals surface area contributed by atoms with Crippen LogP contribution in [-0.2, 0) is 6.54 Å². The van der Waals surface area contributed by atoms with E-state index < -0.39 is 0 Å². The van der Waals surface area contributed by atoms with E-state index in [9.17, 15) is 4.79 Å². The van der Waals surface area contributed by atoms with E-state index in [1.807, 2.05) is 34.5 Å². The van der Waals surface area contributed by atoms with Crippen molar-refractivity contribution in [1.29, 1.82) is 0 Å². The van der Waals surface area contributed by atoms with Crippen LogP contribution >= 0.6 is 0 Å². The van der Waals surface area contributed by atoms with Gasteiger partial charge in [-0.25, -0.2) is 9.78 Å². The van der Waals surface area contributed by atoms with E-state index in [0.29, 0.717) is 5.92 Å². The molecule has 0 aromatic carbocycles. The summed E-state index contributed by atoms with van der Waals surface area (Å²) in [6.07, 6.45) is 12.0. The number of hydrogen-bond donors (Lipinski definition) is 0. The van der Waals surface area contributed by atoms with E-state index in [1.165, 1.54) is 5.56 Å². The van der Waals surface area contributed by atoms with Crippen molar-refractivity contribution in [1.82, 2.24) is 24.3 Å². The number of hydrogen-bond acceptors (Lipinski definition) is 3. The van der Waals surface area contributed by atoms with Crippen LogP contribution in [0.25, 0.3) is 0 Å². The molecule has 2 saturated heterocycles. The molecule has 0 saturated carbocycles. The van der Waals surface area contributed by atoms with Crippen LogP contribution in [-0.4, -0.2) is 56.5 Å². The van der Waals surface area contributed by atoms with Gasteiger partial charge in [-0.2, -0.15) is 0 Å². The number of amides is 2. The number of carbonyl (C=O) groups excluding carboxylic acids is 1. The Kier molecular flexibility index (Phi) is 4.68. The lowest BCUT2D eigenvalue weighted by Gasteiger charge is -2.35. The average Bonchev–Trinajstić information content (AvgIpc) is 3.34. The molecule has 2 aliphatic rings. The molecule has 2 aromatic rings. The molecule has 6 heteroatoms. The number of imidazole rings is 1. The highest BCUT2D eigenvalue weighted by Crippen LogP contribution is 2.27. The van der Waals surface area contributed by atoms with E-state index >= 15 is 0 Å². The van der Waals surface area contributed by atoms with Gasteiger partial charge in [0.15, 0.2) is 0 Å². The normalized spacial score (nSPS) is 20.9. The molecule has 1 unspecified atom stereocenters. The van der Waals surface area contributed by atoms with Crippen molar-refractivity contribution in [2.75, 3.05) is 26.2 Å². The lowest BCUT2D eigenvalue weighted by Crippen LogP contribution is -2.46. The van der Waals surface area contributed by atoms with Crippen LogP contribution in [0.1, 0.15) is 43.0 Å². The van der Waals surface area contributed by atoms with Crippen LogP contribution in [0, 0.1) is 0 Å². The second kappa shape index (κ2) is 7.25. The molecule has 2 aromatic heterocycles. The Balaban J connectivity index is 1.46. The van der Waals surface area contributed by atoms with Gasteiger partial charge >= 0.3 is 6.03 Å². The number of likely N-dealkylation sites (tertiary alicyclic amines) is 2. The molecule has 4 rings (SSSR count). The van der Waals surface area contributed by atoms with Gasteiger partial charge in [0.2, 0.25) is 0 Å². The Hall–Kier alpha value is -2.37. The van der Waals surface area contributed by atoms with E-state index in [4.69, 9.17) is 0 Å². The van der Waals surface area contributed by atoms with Crippen LogP contribution < -0.4 is 0 Å². The molecule has 2 fully saturated rings. The van der Waals surface area contributed by atoms with E-state index in [0.717, 1.165) is 64.2 Å². The number of aromatic nitrogens is 3. The Morgan fingerprint density at radius 2 is 1.96 bits per heavy atom. The van der Waals surface area contributed by atoms with Crippen LogP contribution in [0.4, 0.5) is 4.79 Å². The third-order valence-corrected chi connectivity index (χ3v) is 5.26. The fourth-order valence-electron chi connectivity index (χ4n) is 3.97. The summed E-state index contributed by atoms with van der Waals surface area (Å²) in [5, 5.41) is 0. The Labute approximate surface area is 148 Å². The fourth-order valence-corrected chi connectivity index (χ4v) is 3.97. The molecule has 0 spiro atoms. The van der Waals surface area contributed by atoms with Crippen molar-refractivity contribution < 1.29 is 4.79 Å². The predicted molar refractivity (Wildman–Crippen MR) is 95.3 cm³/mol. The molecule has 0 radical (unpaired) electrons. The number of nitrogens with zero attached hydrogens (tertiary/aromatic N) is 5. The van der Waals surface area contributed by atoms with Crippen molar-refractivity contribution in [3.05, 3.63) is 48.3 Å². The zero-order chi connectivity index (χ0) is 17.1. The molecule has 0 bridgehead atoms. The maximum Gasteiger partial charge on any atom is 0.320 e. The van der Waals surface area contributed by atoms with Gasteiger partial charge < -0.3 is 14.4 Å². The van der Waals surface area contributed by atoms with E-state index in [-0.39, 0.29) is 6.03 Å². The summed E-state index contributed by atoms with van der Waals surface area (Å²) < 4.78 is 2.20. The summed E-state index contributed by atoms with van der Waals surface area (Å²) in [4.78, 5) is 25.6. The maximum absolute atomic E-state index is 12.7. The van der Waals surface area contributed by atoms with Crippen molar-refractivity contribution in [2.45, 2.75) is 38.1 Å². The highest BCUT2D eigenvalue weighted by Gasteiger charge is 2.30. The van der Waals surface area contributed by atoms with Crippen LogP contribution in [0.5, 0.6) is 0 Å². The highest BCUT2D eigenvalue weighted by molar-refractivity contribution is 5.74. The van der Waals surface area contributed by atoms with Gasteiger partial charge in [-0.1, -0.05) is 6.07 Å². The largest absolute Gasteiger partial charge is 0.330 e. The van der Waals surface area contributed by atoms with Gasteiger partial charge in [-0.05, 0) is 37.3 Å². The first-order valence-electron chi connectivity index (χ1n) is 9.25. The van der Waals surface area contributed by atoms with Crippen LogP contribution in [0.2, 0.25) is 0 Å². The summed E-state index contributed by atoms with van der Waals surface area (Å²) in [6, 6.07) is 4.26. The zero-order valence-corrected chi connectivity index (χ0v) is 14.5. The van der Waals surface area contributed by atoms with Gasteiger partial charge in [0, 0.05) is 56.9 Å². The van der Waals surface area contributed by atoms with Gasteiger partial charge in [0.25, 0.3) is 0 Å². The van der Waals surface area contributed by atoms with Crippen molar-refractivity contribution >= 4 is 6.03 Å². The lowest BCUT2D eigenvalue weighted by atomic mass is 9.97. The maximum atomic E-state index is 12.7. The van der Waals surface area contributed by atoms with Crippen molar-refractivity contribution in [3.63, 3.8) is 0 Å². The van der Waals surface area contributed by atoms with Crippen LogP contribution in [0.15, 0.2) is 36.9 Å². The molecular weight excluding hydrogens is 314 g/mol. The van der Waals surface area contributed by atoms with E-state index in [2.05, 4.69) is 20.6 Å². The Morgan fingerprint density at radius 3 is 2.76 bits per heavy atom. The summed E-state index contributed by atoms with van der Waals surface area (Å²) in [5.74, 6) is 1.40. The first kappa shape index (κ1) is 16.1. The third kappa shape index (κ3) is 3.52. The smallest absolute Gasteiger partial charge is 0.320 e. The molecule has 1 atom stereocenters. The second-order valence-corrected chi connectivity index (χ2v) is 7.04. The quantitative estimate of drug-likeness (QED) is 0.864. The Bertz CT molecular complexity index is 708. The lowest BCUT2D eigenvalue weighted by molar-refractivity contribution is 0.145. The SMILES string of the molecule is O=C(N1CCCC1)N1CCCC(c2nccn2Cc2cccnc2)C1. The number of urea groups is 1. The third-order valence-electron chi connectivity index (χ3n) is 5.26. The number of piperidine rings is 1. The highest BCUT2D eigenvalue weighted by atomic mass is 16.2. The molecular formula is C19H25N5O. The molecule has 6 nitrogen and oxygen atoms in total. The monoisotopic (exact) mass is 339 g/mol. The first-order chi connectivity index (χ1) is 12.3. The molecule has 4 heterocycles. The van der Waals surface area contributed by atoms with E-state index in [1.54, 1.807) is 6.20 Å². The summed E-state index contributed by atoms with van der Waals surface area (Å²) in [6.45, 7) is 4.25. The zero-order valence-electron chi connectivity index (χ0n) is 14.5. The molecule has 25 heavy (non-hydrogen) atoms. The van der Waals surface area contributed by atoms with Crippen molar-refractivity contribution in [2.24, 2.45) is 0 Å². The number of rotatable bonds is 3.